The van der Waals surface area contributed by atoms with Crippen LogP contribution < -0.4 is 86.0 Å². The quantitative estimate of drug-likeness (QED) is 0.326. The zero-order valence-electron chi connectivity index (χ0n) is 4.76. The molecule has 0 bridgehead atoms. The van der Waals surface area contributed by atoms with Gasteiger partial charge in [-0.2, -0.15) is 0 Å². The number of hydrogen-bond donors (Lipinski definition) is 1. The maximum absolute atomic E-state index is 8.44. The fourth-order valence-corrected chi connectivity index (χ4v) is 0. The van der Waals surface area contributed by atoms with Gasteiger partial charge >= 0.3 is 80.9 Å². The molecule has 0 fully saturated rings. The van der Waals surface area contributed by atoms with Crippen LogP contribution in [0.5, 0.6) is 0 Å². The molecule has 6 heavy (non-hydrogen) atoms. The van der Waals surface area contributed by atoms with Gasteiger partial charge < -0.3 is 16.4 Å². The number of rotatable bonds is 0. The fraction of sp³-hybridized carbons (Fsp3) is 0. The number of carbonyl (C=O) groups is 1. The van der Waals surface area contributed by atoms with Crippen molar-refractivity contribution >= 4 is 6.16 Å². The van der Waals surface area contributed by atoms with Crippen molar-refractivity contribution < 1.29 is 97.4 Å². The van der Waals surface area contributed by atoms with Crippen LogP contribution in [0.4, 0.5) is 4.79 Å². The van der Waals surface area contributed by atoms with E-state index in [1.54, 1.807) is 0 Å². The van der Waals surface area contributed by atoms with Gasteiger partial charge in [-0.05, 0) is 0 Å². The first-order chi connectivity index (χ1) is 1.73. The molecule has 0 saturated carbocycles. The van der Waals surface area contributed by atoms with Crippen molar-refractivity contribution in [1.82, 2.24) is 0 Å². The van der Waals surface area contributed by atoms with E-state index in [0.717, 1.165) is 0 Å². The normalized spacial score (nSPS) is 4.00. The summed E-state index contributed by atoms with van der Waals surface area (Å²) in [6.07, 6.45) is -2.08. The molecule has 0 amide bonds. The largest absolute Gasteiger partial charge is 1.00 e. The van der Waals surface area contributed by atoms with E-state index >= 15 is 0 Å². The van der Waals surface area contributed by atoms with Gasteiger partial charge in [-0.1, -0.05) is 0 Å². The summed E-state index contributed by atoms with van der Waals surface area (Å²) in [5.41, 5.74) is 0. The Morgan fingerprint density at radius 2 is 1.83 bits per heavy atom. The van der Waals surface area contributed by atoms with Gasteiger partial charge in [-0.25, -0.2) is 0 Å². The molecule has 0 aromatic rings. The van der Waals surface area contributed by atoms with E-state index in [4.69, 9.17) is 15.0 Å². The van der Waals surface area contributed by atoms with E-state index in [2.05, 4.69) is 0 Å². The van der Waals surface area contributed by atoms with Crippen molar-refractivity contribution in [3.63, 3.8) is 0 Å². The molecule has 0 heterocycles. The maximum atomic E-state index is 8.44. The van der Waals surface area contributed by atoms with Gasteiger partial charge in [0, 0.05) is 0 Å². The van der Waals surface area contributed by atoms with Gasteiger partial charge in [0.15, 0.2) is 0 Å². The summed E-state index contributed by atoms with van der Waals surface area (Å²) in [6, 6.07) is 0. The predicted molar refractivity (Wildman–Crippen MR) is 9.14 cm³/mol. The zero-order chi connectivity index (χ0) is 3.58. The van der Waals surface area contributed by atoms with Crippen molar-refractivity contribution in [2.24, 2.45) is 0 Å². The maximum Gasteiger partial charge on any atom is 1.00 e. The third kappa shape index (κ3) is 39.1. The summed E-state index contributed by atoms with van der Waals surface area (Å²) in [5.74, 6) is 0. The number of hydrogen-bond acceptors (Lipinski definition) is 2. The van der Waals surface area contributed by atoms with Crippen LogP contribution >= 0.6 is 0 Å². The Labute approximate surface area is 101 Å². The van der Waals surface area contributed by atoms with Crippen molar-refractivity contribution in [2.75, 3.05) is 0 Å². The molecule has 0 spiro atoms. The molecule has 0 aliphatic carbocycles. The molecule has 0 aliphatic heterocycles. The van der Waals surface area contributed by atoms with Gasteiger partial charge in [0.05, 0.1) is 0 Å². The third-order valence-electron chi connectivity index (χ3n) is 0. The molecule has 0 unspecified atom stereocenters. The van der Waals surface area contributed by atoms with E-state index in [-0.39, 0.29) is 82.4 Å². The zero-order valence-corrected chi connectivity index (χ0v) is 8.89. The molecule has 5 heteroatoms. The van der Waals surface area contributed by atoms with Crippen LogP contribution in [-0.2, 0) is 0 Å². The molecular weight excluding hydrogens is 122 g/mol. The van der Waals surface area contributed by atoms with Crippen LogP contribution in [0.15, 0.2) is 0 Å². The first kappa shape index (κ1) is 15.7. The van der Waals surface area contributed by atoms with Crippen LogP contribution in [-0.4, -0.2) is 11.3 Å². The van der Waals surface area contributed by atoms with Gasteiger partial charge in [0.25, 0.3) is 0 Å². The Bertz CT molecular complexity index is 37.9. The topological polar surface area (TPSA) is 60.4 Å². The Morgan fingerprint density at radius 1 is 1.83 bits per heavy atom. The first-order valence-corrected chi connectivity index (χ1v) is 0.632. The van der Waals surface area contributed by atoms with E-state index in [1.807, 2.05) is 0 Å². The molecule has 0 aromatic heterocycles. The third-order valence-corrected chi connectivity index (χ3v) is 0. The molecule has 0 aliphatic rings. The van der Waals surface area contributed by atoms with Gasteiger partial charge in [-0.3, -0.25) is 0 Å². The van der Waals surface area contributed by atoms with Crippen molar-refractivity contribution in [1.29, 1.82) is 0 Å². The Kier molecular flexibility index (Phi) is 26.1. The summed E-state index contributed by atoms with van der Waals surface area (Å²) in [4.78, 5) is 8.44. The molecule has 0 rings (SSSR count). The van der Waals surface area contributed by atoms with E-state index in [0.29, 0.717) is 0 Å². The van der Waals surface area contributed by atoms with Crippen LogP contribution in [0.3, 0.4) is 0 Å². The Morgan fingerprint density at radius 3 is 1.83 bits per heavy atom. The van der Waals surface area contributed by atoms with Crippen LogP contribution in [0, 0.1) is 0 Å². The second-order valence-electron chi connectivity index (χ2n) is 0.266. The second-order valence-corrected chi connectivity index (χ2v) is 0.266. The minimum atomic E-state index is -2.08. The van der Waals surface area contributed by atoms with Crippen LogP contribution in [0.2, 0.25) is 0 Å². The minimum absolute atomic E-state index is 0. The summed E-state index contributed by atoms with van der Waals surface area (Å²) in [5, 5.41) is 15.3. The Hall–Kier alpha value is 1.91. The summed E-state index contributed by atoms with van der Waals surface area (Å²) < 4.78 is 0. The molecule has 26 valence electrons. The molecular formula is CH2KNaO3. The average molecular weight is 124 g/mol. The van der Waals surface area contributed by atoms with Crippen molar-refractivity contribution in [2.45, 2.75) is 0 Å². The Balaban J connectivity index is -0.0000000150. The van der Waals surface area contributed by atoms with E-state index in [1.165, 1.54) is 0 Å². The van der Waals surface area contributed by atoms with Crippen molar-refractivity contribution in [3.8, 4) is 0 Å². The summed E-state index contributed by atoms with van der Waals surface area (Å²) in [7, 11) is 0. The monoisotopic (exact) mass is 124 g/mol. The molecule has 3 nitrogen and oxygen atoms in total. The van der Waals surface area contributed by atoms with Crippen LogP contribution in [0.1, 0.15) is 1.43 Å². The molecule has 0 radical (unpaired) electrons. The van der Waals surface area contributed by atoms with Crippen molar-refractivity contribution in [3.05, 3.63) is 0 Å². The summed E-state index contributed by atoms with van der Waals surface area (Å²) in [6.45, 7) is 0. The molecule has 0 atom stereocenters. The smallest absolute Gasteiger partial charge is 1.00 e. The summed E-state index contributed by atoms with van der Waals surface area (Å²) >= 11 is 0. The van der Waals surface area contributed by atoms with Gasteiger partial charge in [-0.15, -0.1) is 0 Å². The predicted octanol–water partition coefficient (Wildman–Crippen LogP) is -6.99. The molecule has 0 aromatic carbocycles. The first-order valence-electron chi connectivity index (χ1n) is 0.632. The van der Waals surface area contributed by atoms with Gasteiger partial charge in [0.1, 0.15) is 0 Å². The van der Waals surface area contributed by atoms with Gasteiger partial charge in [0.2, 0.25) is 6.16 Å². The fourth-order valence-electron chi connectivity index (χ4n) is 0. The second kappa shape index (κ2) is 10.0. The van der Waals surface area contributed by atoms with E-state index < -0.39 is 6.16 Å². The minimum Gasteiger partial charge on any atom is -1.00 e. The van der Waals surface area contributed by atoms with E-state index in [9.17, 15) is 0 Å². The molecule has 1 N–H and O–H groups in total. The SMILES string of the molecule is O=C([O-])O.[H-].[K+].[Na+]. The molecule has 0 saturated heterocycles. The van der Waals surface area contributed by atoms with Crippen LogP contribution in [0.25, 0.3) is 0 Å². The number of carboxylic acid groups (broad SMARTS) is 2. The standard InChI is InChI=1S/CH2O3.K.Na.H/c2-1(3)4;;;/h(H2,2,3,4);;;/q;2*+1;-1/p-1. The average Bonchev–Trinajstić information content (AvgIpc) is 0.811.